The highest BCUT2D eigenvalue weighted by atomic mass is 16.6. The van der Waals surface area contributed by atoms with Crippen molar-refractivity contribution in [1.29, 1.82) is 0 Å². The van der Waals surface area contributed by atoms with Crippen LogP contribution in [0.3, 0.4) is 0 Å². The molecule has 0 spiro atoms. The van der Waals surface area contributed by atoms with Crippen molar-refractivity contribution in [2.45, 2.75) is 6.92 Å². The number of rotatable bonds is 7. The predicted octanol–water partition coefficient (Wildman–Crippen LogP) is 4.13. The third-order valence-electron chi connectivity index (χ3n) is 5.12. The predicted molar refractivity (Wildman–Crippen MR) is 130 cm³/mol. The number of nitrogens with one attached hydrogen (secondary N) is 1. The number of nitrogens with two attached hydrogens (primary N) is 1. The molecule has 0 fully saturated rings. The molecular formula is C25H21N5O5. The number of hydrogen-bond acceptors (Lipinski definition) is 7. The summed E-state index contributed by atoms with van der Waals surface area (Å²) in [5.41, 5.74) is 8.32. The topological polar surface area (TPSA) is 142 Å². The number of ether oxygens (including phenoxy) is 1. The molecule has 0 saturated heterocycles. The van der Waals surface area contributed by atoms with E-state index in [2.05, 4.69) is 10.4 Å². The molecule has 0 aliphatic carbocycles. The Balaban J connectivity index is 1.51. The minimum atomic E-state index is -0.889. The first-order valence-electron chi connectivity index (χ1n) is 10.6. The number of aromatic nitrogens is 2. The monoisotopic (exact) mass is 471 g/mol. The molecule has 0 saturated carbocycles. The molecule has 3 aromatic carbocycles. The Morgan fingerprint density at radius 2 is 1.77 bits per heavy atom. The molecule has 1 heterocycles. The van der Waals surface area contributed by atoms with Gasteiger partial charge < -0.3 is 15.8 Å². The zero-order chi connectivity index (χ0) is 24.9. The molecule has 0 aliphatic rings. The zero-order valence-corrected chi connectivity index (χ0v) is 18.7. The maximum Gasteiger partial charge on any atom is 0.338 e. The molecule has 3 N–H and O–H groups in total. The third kappa shape index (κ3) is 5.33. The van der Waals surface area contributed by atoms with Gasteiger partial charge in [-0.1, -0.05) is 48.0 Å². The first kappa shape index (κ1) is 23.2. The van der Waals surface area contributed by atoms with Gasteiger partial charge in [-0.25, -0.2) is 9.48 Å². The van der Waals surface area contributed by atoms with Crippen LogP contribution in [0, 0.1) is 17.0 Å². The number of nitro benzene ring substituents is 1. The largest absolute Gasteiger partial charge is 0.452 e. The summed E-state index contributed by atoms with van der Waals surface area (Å²) >= 11 is 0. The molecule has 1 aromatic heterocycles. The highest BCUT2D eigenvalue weighted by molar-refractivity contribution is 5.96. The van der Waals surface area contributed by atoms with Gasteiger partial charge in [-0.05, 0) is 31.2 Å². The average Bonchev–Trinajstić information content (AvgIpc) is 3.27. The third-order valence-corrected chi connectivity index (χ3v) is 5.12. The molecule has 35 heavy (non-hydrogen) atoms. The number of carbonyl (C=O) groups is 2. The summed E-state index contributed by atoms with van der Waals surface area (Å²) in [5.74, 6) is -1.10. The summed E-state index contributed by atoms with van der Waals surface area (Å²) in [5, 5.41) is 18.4. The van der Waals surface area contributed by atoms with Crippen LogP contribution in [0.2, 0.25) is 0 Å². The number of carbonyl (C=O) groups excluding carboxylic acids is 2. The summed E-state index contributed by atoms with van der Waals surface area (Å²) in [6.07, 6.45) is 0. The van der Waals surface area contributed by atoms with Crippen LogP contribution in [0.25, 0.3) is 16.9 Å². The van der Waals surface area contributed by atoms with Crippen LogP contribution in [0.15, 0.2) is 78.9 Å². The smallest absolute Gasteiger partial charge is 0.338 e. The van der Waals surface area contributed by atoms with Gasteiger partial charge in [-0.15, -0.1) is 0 Å². The summed E-state index contributed by atoms with van der Waals surface area (Å²) in [4.78, 5) is 35.2. The van der Waals surface area contributed by atoms with Gasteiger partial charge in [-0.3, -0.25) is 14.9 Å². The fourth-order valence-electron chi connectivity index (χ4n) is 3.32. The highest BCUT2D eigenvalue weighted by Crippen LogP contribution is 2.25. The maximum absolute atomic E-state index is 12.6. The van der Waals surface area contributed by atoms with Crippen LogP contribution in [0.5, 0.6) is 0 Å². The van der Waals surface area contributed by atoms with Gasteiger partial charge in [-0.2, -0.15) is 5.10 Å². The van der Waals surface area contributed by atoms with Crippen molar-refractivity contribution in [3.63, 3.8) is 0 Å². The molecule has 0 atom stereocenters. The fourth-order valence-corrected chi connectivity index (χ4v) is 3.32. The van der Waals surface area contributed by atoms with Crippen molar-refractivity contribution in [2.75, 3.05) is 17.7 Å². The van der Waals surface area contributed by atoms with E-state index in [0.717, 1.165) is 22.9 Å². The van der Waals surface area contributed by atoms with Crippen molar-refractivity contribution in [3.8, 4) is 16.9 Å². The van der Waals surface area contributed by atoms with Crippen molar-refractivity contribution >= 4 is 29.1 Å². The summed E-state index contributed by atoms with van der Waals surface area (Å²) < 4.78 is 6.62. The Labute approximate surface area is 200 Å². The van der Waals surface area contributed by atoms with E-state index in [-0.39, 0.29) is 11.3 Å². The normalized spacial score (nSPS) is 10.5. The number of nitro groups is 1. The molecule has 176 valence electrons. The van der Waals surface area contributed by atoms with Gasteiger partial charge in [0.05, 0.1) is 21.9 Å². The van der Waals surface area contributed by atoms with Crippen LogP contribution in [0.1, 0.15) is 15.9 Å². The minimum absolute atomic E-state index is 0.0807. The van der Waals surface area contributed by atoms with E-state index in [1.165, 1.54) is 12.1 Å². The van der Waals surface area contributed by atoms with Crippen LogP contribution < -0.4 is 11.1 Å². The average molecular weight is 471 g/mol. The summed E-state index contributed by atoms with van der Waals surface area (Å²) in [6.45, 7) is 1.39. The van der Waals surface area contributed by atoms with Gasteiger partial charge in [0.15, 0.2) is 6.61 Å². The lowest BCUT2D eigenvalue weighted by Gasteiger charge is -2.09. The first-order chi connectivity index (χ1) is 16.8. The number of nitrogens with zero attached hydrogens (tertiary/aromatic N) is 3. The molecule has 0 unspecified atom stereocenters. The Hall–Kier alpha value is -4.99. The molecule has 4 aromatic rings. The van der Waals surface area contributed by atoms with Crippen molar-refractivity contribution in [1.82, 2.24) is 9.78 Å². The standard InChI is InChI=1S/C25H21N5O5/c1-16-7-9-17(10-8-16)21-14-23(29(28-21)19-5-3-2-4-6-19)27-24(31)15-35-25(32)18-11-12-20(26)22(13-18)30(33)34/h2-14H,15,26H2,1H3,(H,27,31). The van der Waals surface area contributed by atoms with Crippen molar-refractivity contribution in [3.05, 3.63) is 100 Å². The molecule has 4 rings (SSSR count). The number of aryl methyl sites for hydroxylation is 1. The summed E-state index contributed by atoms with van der Waals surface area (Å²) in [6, 6.07) is 22.3. The number of amides is 1. The SMILES string of the molecule is Cc1ccc(-c2cc(NC(=O)COC(=O)c3ccc(N)c([N+](=O)[O-])c3)n(-c3ccccc3)n2)cc1. The highest BCUT2D eigenvalue weighted by Gasteiger charge is 2.19. The van der Waals surface area contributed by atoms with E-state index >= 15 is 0 Å². The minimum Gasteiger partial charge on any atom is -0.452 e. The fraction of sp³-hybridized carbons (Fsp3) is 0.0800. The van der Waals surface area contributed by atoms with E-state index in [9.17, 15) is 19.7 Å². The Kier molecular flexibility index (Phi) is 6.54. The van der Waals surface area contributed by atoms with Gasteiger partial charge in [0.1, 0.15) is 11.5 Å². The number of anilines is 2. The lowest BCUT2D eigenvalue weighted by molar-refractivity contribution is -0.383. The second-order valence-electron chi connectivity index (χ2n) is 7.68. The maximum atomic E-state index is 12.6. The molecule has 0 bridgehead atoms. The van der Waals surface area contributed by atoms with E-state index < -0.39 is 29.1 Å². The van der Waals surface area contributed by atoms with Crippen LogP contribution >= 0.6 is 0 Å². The zero-order valence-electron chi connectivity index (χ0n) is 18.7. The van der Waals surface area contributed by atoms with Crippen LogP contribution in [-0.4, -0.2) is 33.2 Å². The second-order valence-corrected chi connectivity index (χ2v) is 7.68. The van der Waals surface area contributed by atoms with E-state index in [0.29, 0.717) is 11.5 Å². The van der Waals surface area contributed by atoms with Crippen LogP contribution in [-0.2, 0) is 9.53 Å². The Morgan fingerprint density at radius 1 is 1.06 bits per heavy atom. The van der Waals surface area contributed by atoms with Gasteiger partial charge in [0.2, 0.25) is 0 Å². The van der Waals surface area contributed by atoms with E-state index in [1.54, 1.807) is 10.7 Å². The van der Waals surface area contributed by atoms with Crippen LogP contribution in [0.4, 0.5) is 17.2 Å². The summed E-state index contributed by atoms with van der Waals surface area (Å²) in [7, 11) is 0. The van der Waals surface area contributed by atoms with Gasteiger partial charge in [0.25, 0.3) is 11.6 Å². The number of esters is 1. The quantitative estimate of drug-likeness (QED) is 0.178. The molecule has 0 aliphatic heterocycles. The molecule has 10 heteroatoms. The second kappa shape index (κ2) is 9.87. The Morgan fingerprint density at radius 3 is 2.46 bits per heavy atom. The first-order valence-corrected chi connectivity index (χ1v) is 10.6. The molecule has 0 radical (unpaired) electrons. The lowest BCUT2D eigenvalue weighted by Crippen LogP contribution is -2.22. The molecular weight excluding hydrogens is 450 g/mol. The van der Waals surface area contributed by atoms with Crippen molar-refractivity contribution in [2.24, 2.45) is 0 Å². The number of hydrogen-bond donors (Lipinski definition) is 2. The molecule has 1 amide bonds. The van der Waals surface area contributed by atoms with E-state index in [4.69, 9.17) is 10.5 Å². The Bertz CT molecular complexity index is 1400. The van der Waals surface area contributed by atoms with Crippen molar-refractivity contribution < 1.29 is 19.2 Å². The number of nitrogen functional groups attached to an aromatic ring is 1. The van der Waals surface area contributed by atoms with Gasteiger partial charge >= 0.3 is 5.97 Å². The number of benzene rings is 3. The molecule has 10 nitrogen and oxygen atoms in total. The van der Waals surface area contributed by atoms with Gasteiger partial charge in [0, 0.05) is 17.7 Å². The lowest BCUT2D eigenvalue weighted by atomic mass is 10.1. The number of para-hydroxylation sites is 1. The van der Waals surface area contributed by atoms with E-state index in [1.807, 2.05) is 61.5 Å².